The van der Waals surface area contributed by atoms with Crippen LogP contribution in [0, 0.1) is 5.92 Å². The lowest BCUT2D eigenvalue weighted by Gasteiger charge is -2.40. The van der Waals surface area contributed by atoms with E-state index in [-0.39, 0.29) is 38.8 Å². The molecule has 3 aliphatic rings. The van der Waals surface area contributed by atoms with E-state index in [1.54, 1.807) is 30.2 Å². The summed E-state index contributed by atoms with van der Waals surface area (Å²) in [6, 6.07) is 2.60. The highest BCUT2D eigenvalue weighted by atomic mass is 16.5. The van der Waals surface area contributed by atoms with E-state index in [9.17, 15) is 24.9 Å². The molecule has 4 N–H and O–H groups in total. The van der Waals surface area contributed by atoms with Crippen LogP contribution in [0.1, 0.15) is 55.6 Å². The average Bonchev–Trinajstić information content (AvgIpc) is 3.59. The first kappa shape index (κ1) is 28.4. The summed E-state index contributed by atoms with van der Waals surface area (Å²) in [5.74, 6) is 0.174. The number of fused-ring (bicyclic) bond motifs is 3. The topological polar surface area (TPSA) is 138 Å². The highest BCUT2D eigenvalue weighted by Gasteiger charge is 2.51. The second-order valence-corrected chi connectivity index (χ2v) is 10.3. The quantitative estimate of drug-likeness (QED) is 0.316. The van der Waals surface area contributed by atoms with Crippen LogP contribution in [0.2, 0.25) is 0 Å². The van der Waals surface area contributed by atoms with Crippen molar-refractivity contribution in [1.82, 2.24) is 10.2 Å². The van der Waals surface area contributed by atoms with Crippen LogP contribution in [0.3, 0.4) is 0 Å². The van der Waals surface area contributed by atoms with Crippen LogP contribution < -0.4 is 14.8 Å². The third kappa shape index (κ3) is 5.83. The SMILES string of the molecule is COCCN(C(=O)CCC1CCCC1)[C@@H]1C=C(C(=O)NCCO)[C@@H]2c3cc(CO)cc(OC)c3O[C@@H]2[C@H]1O. The molecule has 1 aliphatic heterocycles. The number of rotatable bonds is 12. The largest absolute Gasteiger partial charge is 0.493 e. The molecule has 2 amide bonds. The molecule has 0 aromatic heterocycles. The molecule has 4 rings (SSSR count). The number of hydrogen-bond donors (Lipinski definition) is 4. The fourth-order valence-electron chi connectivity index (χ4n) is 6.02. The summed E-state index contributed by atoms with van der Waals surface area (Å²) in [6.45, 7) is 0.131. The van der Waals surface area contributed by atoms with Crippen LogP contribution >= 0.6 is 0 Å². The molecule has 1 saturated carbocycles. The second kappa shape index (κ2) is 12.9. The van der Waals surface area contributed by atoms with E-state index >= 15 is 0 Å². The molecule has 0 spiro atoms. The second-order valence-electron chi connectivity index (χ2n) is 10.3. The highest BCUT2D eigenvalue weighted by Crippen LogP contribution is 2.51. The summed E-state index contributed by atoms with van der Waals surface area (Å²) >= 11 is 0. The predicted octanol–water partition coefficient (Wildman–Crippen LogP) is 1.26. The lowest BCUT2D eigenvalue weighted by Crippen LogP contribution is -2.56. The number of aliphatic hydroxyl groups excluding tert-OH is 3. The summed E-state index contributed by atoms with van der Waals surface area (Å²) in [5, 5.41) is 33.4. The van der Waals surface area contributed by atoms with Gasteiger partial charge in [0.2, 0.25) is 11.8 Å². The molecular formula is C28H40N2O8. The molecule has 10 nitrogen and oxygen atoms in total. The smallest absolute Gasteiger partial charge is 0.247 e. The molecular weight excluding hydrogens is 492 g/mol. The summed E-state index contributed by atoms with van der Waals surface area (Å²) in [6.07, 6.45) is 5.50. The number of ether oxygens (including phenoxy) is 3. The highest BCUT2D eigenvalue weighted by molar-refractivity contribution is 5.96. The van der Waals surface area contributed by atoms with E-state index in [2.05, 4.69) is 5.32 Å². The zero-order valence-electron chi connectivity index (χ0n) is 22.2. The Bertz CT molecular complexity index is 1020. The molecule has 210 valence electrons. The molecule has 4 atom stereocenters. The van der Waals surface area contributed by atoms with Gasteiger partial charge in [0.25, 0.3) is 0 Å². The van der Waals surface area contributed by atoms with Gasteiger partial charge >= 0.3 is 0 Å². The van der Waals surface area contributed by atoms with Crippen molar-refractivity contribution >= 4 is 11.8 Å². The molecule has 1 aromatic carbocycles. The summed E-state index contributed by atoms with van der Waals surface area (Å²) in [4.78, 5) is 28.4. The lowest BCUT2D eigenvalue weighted by atomic mass is 9.77. The Balaban J connectivity index is 1.70. The summed E-state index contributed by atoms with van der Waals surface area (Å²) < 4.78 is 17.0. The van der Waals surface area contributed by atoms with E-state index in [4.69, 9.17) is 14.2 Å². The average molecular weight is 533 g/mol. The van der Waals surface area contributed by atoms with Gasteiger partial charge in [-0.1, -0.05) is 25.7 Å². The maximum Gasteiger partial charge on any atom is 0.247 e. The molecule has 2 aliphatic carbocycles. The summed E-state index contributed by atoms with van der Waals surface area (Å²) in [7, 11) is 3.04. The summed E-state index contributed by atoms with van der Waals surface area (Å²) in [5.41, 5.74) is 1.54. The van der Waals surface area contributed by atoms with Crippen LogP contribution in [0.5, 0.6) is 11.5 Å². The first-order chi connectivity index (χ1) is 18.4. The van der Waals surface area contributed by atoms with Gasteiger partial charge in [-0.25, -0.2) is 0 Å². The van der Waals surface area contributed by atoms with E-state index in [0.29, 0.717) is 40.5 Å². The first-order valence-corrected chi connectivity index (χ1v) is 13.5. The maximum absolute atomic E-state index is 13.5. The van der Waals surface area contributed by atoms with Gasteiger partial charge in [0, 0.05) is 37.8 Å². The Labute approximate surface area is 223 Å². The van der Waals surface area contributed by atoms with Gasteiger partial charge in [-0.3, -0.25) is 9.59 Å². The van der Waals surface area contributed by atoms with E-state index in [1.165, 1.54) is 20.0 Å². The number of amides is 2. The molecule has 38 heavy (non-hydrogen) atoms. The molecule has 0 radical (unpaired) electrons. The van der Waals surface area contributed by atoms with Crippen molar-refractivity contribution in [2.45, 2.75) is 69.3 Å². The van der Waals surface area contributed by atoms with Crippen molar-refractivity contribution in [2.75, 3.05) is 40.5 Å². The Hall–Kier alpha value is -2.66. The molecule has 1 heterocycles. The first-order valence-electron chi connectivity index (χ1n) is 13.5. The Morgan fingerprint density at radius 3 is 2.61 bits per heavy atom. The van der Waals surface area contributed by atoms with Crippen LogP contribution in [0.4, 0.5) is 0 Å². The van der Waals surface area contributed by atoms with E-state index in [0.717, 1.165) is 19.3 Å². The number of carbonyl (C=O) groups excluding carboxylic acids is 2. The molecule has 0 unspecified atom stereocenters. The fraction of sp³-hybridized carbons (Fsp3) is 0.643. The van der Waals surface area contributed by atoms with Crippen LogP contribution in [0.15, 0.2) is 23.8 Å². The monoisotopic (exact) mass is 532 g/mol. The van der Waals surface area contributed by atoms with E-state index < -0.39 is 30.1 Å². The predicted molar refractivity (Wildman–Crippen MR) is 139 cm³/mol. The van der Waals surface area contributed by atoms with E-state index in [1.807, 2.05) is 0 Å². The van der Waals surface area contributed by atoms with Crippen LogP contribution in [-0.2, 0) is 20.9 Å². The van der Waals surface area contributed by atoms with Crippen LogP contribution in [0.25, 0.3) is 0 Å². The molecule has 10 heteroatoms. The third-order valence-corrected chi connectivity index (χ3v) is 7.95. The van der Waals surface area contributed by atoms with Gasteiger partial charge in [-0.2, -0.15) is 0 Å². The Kier molecular flexibility index (Phi) is 9.64. The minimum atomic E-state index is -1.13. The van der Waals surface area contributed by atoms with Crippen molar-refractivity contribution in [2.24, 2.45) is 5.92 Å². The molecule has 1 fully saturated rings. The van der Waals surface area contributed by atoms with Crippen molar-refractivity contribution in [1.29, 1.82) is 0 Å². The minimum Gasteiger partial charge on any atom is -0.493 e. The number of hydrogen-bond acceptors (Lipinski definition) is 8. The van der Waals surface area contributed by atoms with Gasteiger partial charge in [0.1, 0.15) is 12.2 Å². The van der Waals surface area contributed by atoms with Gasteiger partial charge in [0.15, 0.2) is 11.5 Å². The van der Waals surface area contributed by atoms with Crippen molar-refractivity contribution in [3.8, 4) is 11.5 Å². The Morgan fingerprint density at radius 1 is 1.18 bits per heavy atom. The number of methoxy groups -OCH3 is 2. The van der Waals surface area contributed by atoms with Crippen molar-refractivity contribution in [3.63, 3.8) is 0 Å². The standard InChI is InChI=1S/C28H40N2O8/c1-36-12-10-30(23(33)8-7-17-5-3-4-6-17)21-15-20(28(35)29-9-11-31)24-19-13-18(16-32)14-22(37-2)26(19)38-27(24)25(21)34/h13-15,17,21,24-25,27,31-32,34H,3-12,16H2,1-2H3,(H,29,35)/t21-,24+,25+,27+/m1/s1. The van der Waals surface area contributed by atoms with Crippen molar-refractivity contribution < 1.29 is 39.1 Å². The number of nitrogens with zero attached hydrogens (tertiary/aromatic N) is 1. The number of carbonyl (C=O) groups is 2. The fourth-order valence-corrected chi connectivity index (χ4v) is 6.02. The van der Waals surface area contributed by atoms with Crippen LogP contribution in [-0.4, -0.2) is 90.8 Å². The number of aliphatic hydroxyl groups is 3. The van der Waals surface area contributed by atoms with Gasteiger partial charge in [-0.15, -0.1) is 0 Å². The molecule has 0 saturated heterocycles. The number of nitrogens with one attached hydrogen (secondary N) is 1. The molecule has 1 aromatic rings. The van der Waals surface area contributed by atoms with Gasteiger partial charge in [-0.05, 0) is 36.1 Å². The number of benzene rings is 1. The van der Waals surface area contributed by atoms with Crippen molar-refractivity contribution in [3.05, 3.63) is 34.9 Å². The third-order valence-electron chi connectivity index (χ3n) is 7.95. The minimum absolute atomic E-state index is 0.0577. The lowest BCUT2D eigenvalue weighted by molar-refractivity contribution is -0.138. The zero-order chi connectivity index (χ0) is 27.2. The van der Waals surface area contributed by atoms with Gasteiger partial charge in [0.05, 0.1) is 38.9 Å². The molecule has 0 bridgehead atoms. The zero-order valence-corrected chi connectivity index (χ0v) is 22.2. The van der Waals surface area contributed by atoms with Gasteiger partial charge < -0.3 is 39.7 Å². The Morgan fingerprint density at radius 2 is 1.95 bits per heavy atom. The maximum atomic E-state index is 13.5. The normalized spacial score (nSPS) is 24.3.